The lowest BCUT2D eigenvalue weighted by molar-refractivity contribution is 0.102. The van der Waals surface area contributed by atoms with Crippen molar-refractivity contribution in [2.75, 3.05) is 11.9 Å². The van der Waals surface area contributed by atoms with Gasteiger partial charge >= 0.3 is 0 Å². The second kappa shape index (κ2) is 11.0. The third-order valence-electron chi connectivity index (χ3n) is 5.37. The summed E-state index contributed by atoms with van der Waals surface area (Å²) in [6, 6.07) is 30.4. The summed E-state index contributed by atoms with van der Waals surface area (Å²) in [7, 11) is -3.65. The second-order valence-electron chi connectivity index (χ2n) is 7.80. The number of ether oxygens (including phenoxy) is 1. The van der Waals surface area contributed by atoms with E-state index in [0.717, 1.165) is 16.7 Å². The molecule has 0 aliphatic carbocycles. The Morgan fingerprint density at radius 2 is 1.51 bits per heavy atom. The lowest BCUT2D eigenvalue weighted by atomic mass is 10.0. The van der Waals surface area contributed by atoms with E-state index in [9.17, 15) is 13.2 Å². The maximum atomic E-state index is 12.9. The Labute approximate surface area is 205 Å². The first-order valence-corrected chi connectivity index (χ1v) is 12.7. The Morgan fingerprint density at radius 3 is 2.26 bits per heavy atom. The van der Waals surface area contributed by atoms with Crippen molar-refractivity contribution >= 4 is 21.6 Å². The van der Waals surface area contributed by atoms with Gasteiger partial charge < -0.3 is 10.1 Å². The lowest BCUT2D eigenvalue weighted by Crippen LogP contribution is -2.23. The van der Waals surface area contributed by atoms with E-state index in [0.29, 0.717) is 23.6 Å². The molecule has 0 aliphatic rings. The quantitative estimate of drug-likeness (QED) is 0.328. The first kappa shape index (κ1) is 24.2. The van der Waals surface area contributed by atoms with E-state index in [-0.39, 0.29) is 17.3 Å². The van der Waals surface area contributed by atoms with Crippen molar-refractivity contribution in [1.29, 1.82) is 0 Å². The molecule has 0 bridgehead atoms. The maximum absolute atomic E-state index is 12.9. The number of nitrogens with one attached hydrogen (secondary N) is 2. The fourth-order valence-electron chi connectivity index (χ4n) is 3.57. The topological polar surface area (TPSA) is 84.5 Å². The Hall–Kier alpha value is -3.94. The van der Waals surface area contributed by atoms with E-state index in [1.54, 1.807) is 54.6 Å². The molecule has 0 aromatic heterocycles. The van der Waals surface area contributed by atoms with Crippen LogP contribution in [0.4, 0.5) is 5.69 Å². The number of hydrogen-bond donors (Lipinski definition) is 2. The molecule has 0 fully saturated rings. The number of carbonyl (C=O) groups excluding carboxylic acids is 1. The summed E-state index contributed by atoms with van der Waals surface area (Å²) < 4.78 is 33.5. The number of carbonyl (C=O) groups is 1. The molecular weight excluding hydrogens is 460 g/mol. The largest absolute Gasteiger partial charge is 0.492 e. The van der Waals surface area contributed by atoms with Crippen LogP contribution in [0.1, 0.15) is 22.8 Å². The zero-order valence-corrected chi connectivity index (χ0v) is 20.1. The molecule has 0 radical (unpaired) electrons. The molecule has 35 heavy (non-hydrogen) atoms. The molecule has 6 nitrogen and oxygen atoms in total. The maximum Gasteiger partial charge on any atom is 0.255 e. The first-order chi connectivity index (χ1) is 17.0. The van der Waals surface area contributed by atoms with Gasteiger partial charge in [-0.25, -0.2) is 13.1 Å². The van der Waals surface area contributed by atoms with Gasteiger partial charge in [-0.2, -0.15) is 0 Å². The van der Waals surface area contributed by atoms with Crippen LogP contribution in [0.3, 0.4) is 0 Å². The summed E-state index contributed by atoms with van der Waals surface area (Å²) in [4.78, 5) is 13.1. The van der Waals surface area contributed by atoms with Crippen molar-refractivity contribution in [2.45, 2.75) is 18.4 Å². The van der Waals surface area contributed by atoms with Crippen LogP contribution in [0.5, 0.6) is 5.75 Å². The molecule has 0 heterocycles. The van der Waals surface area contributed by atoms with Crippen LogP contribution in [-0.4, -0.2) is 20.9 Å². The minimum absolute atomic E-state index is 0.179. The van der Waals surface area contributed by atoms with Gasteiger partial charge in [-0.15, -0.1) is 0 Å². The molecule has 4 aromatic carbocycles. The highest BCUT2D eigenvalue weighted by Gasteiger charge is 2.15. The van der Waals surface area contributed by atoms with Crippen LogP contribution < -0.4 is 14.8 Å². The third kappa shape index (κ3) is 6.15. The minimum atomic E-state index is -3.65. The fraction of sp³-hybridized carbons (Fsp3) is 0.107. The van der Waals surface area contributed by atoms with Crippen LogP contribution in [0.25, 0.3) is 11.1 Å². The Balaban J connectivity index is 1.48. The van der Waals surface area contributed by atoms with Crippen LogP contribution >= 0.6 is 0 Å². The highest BCUT2D eigenvalue weighted by atomic mass is 32.2. The Morgan fingerprint density at radius 1 is 0.800 bits per heavy atom. The summed E-state index contributed by atoms with van der Waals surface area (Å²) in [6.07, 6.45) is 0. The molecule has 178 valence electrons. The summed E-state index contributed by atoms with van der Waals surface area (Å²) in [6.45, 7) is 2.60. The Bertz CT molecular complexity index is 1400. The number of rotatable bonds is 9. The predicted molar refractivity (Wildman–Crippen MR) is 138 cm³/mol. The van der Waals surface area contributed by atoms with Crippen LogP contribution in [0.2, 0.25) is 0 Å². The van der Waals surface area contributed by atoms with Crippen molar-refractivity contribution < 1.29 is 17.9 Å². The summed E-state index contributed by atoms with van der Waals surface area (Å²) >= 11 is 0. The standard InChI is InChI=1S/C28H26N2O4S/c1-2-34-27-14-7-6-13-26(27)30-28(31)24-12-8-11-23(19-24)22-15-17-25(18-16-22)35(32,33)29-20-21-9-4-3-5-10-21/h3-19,29H,2,20H2,1H3,(H,30,31). The monoisotopic (exact) mass is 486 g/mol. The van der Waals surface area contributed by atoms with Crippen LogP contribution in [0, 0.1) is 0 Å². The molecule has 4 rings (SSSR count). The fourth-order valence-corrected chi connectivity index (χ4v) is 4.59. The third-order valence-corrected chi connectivity index (χ3v) is 6.78. The van der Waals surface area contributed by atoms with E-state index in [1.165, 1.54) is 0 Å². The molecule has 0 atom stereocenters. The van der Waals surface area contributed by atoms with Crippen LogP contribution in [-0.2, 0) is 16.6 Å². The molecule has 0 spiro atoms. The lowest BCUT2D eigenvalue weighted by Gasteiger charge is -2.12. The summed E-state index contributed by atoms with van der Waals surface area (Å²) in [5.74, 6) is 0.348. The van der Waals surface area contributed by atoms with Gasteiger partial charge in [0.15, 0.2) is 0 Å². The average Bonchev–Trinajstić information content (AvgIpc) is 2.89. The zero-order valence-electron chi connectivity index (χ0n) is 19.3. The van der Waals surface area contributed by atoms with Gasteiger partial charge in [-0.3, -0.25) is 4.79 Å². The highest BCUT2D eigenvalue weighted by molar-refractivity contribution is 7.89. The smallest absolute Gasteiger partial charge is 0.255 e. The SMILES string of the molecule is CCOc1ccccc1NC(=O)c1cccc(-c2ccc(S(=O)(=O)NCc3ccccc3)cc2)c1. The molecule has 2 N–H and O–H groups in total. The molecule has 7 heteroatoms. The average molecular weight is 487 g/mol. The number of amides is 1. The number of sulfonamides is 1. The molecular formula is C28H26N2O4S. The number of hydrogen-bond acceptors (Lipinski definition) is 4. The van der Waals surface area contributed by atoms with Crippen molar-refractivity contribution in [3.63, 3.8) is 0 Å². The summed E-state index contributed by atoms with van der Waals surface area (Å²) in [5.41, 5.74) is 3.57. The molecule has 0 saturated carbocycles. The molecule has 0 aliphatic heterocycles. The predicted octanol–water partition coefficient (Wildman–Crippen LogP) is 5.48. The molecule has 0 saturated heterocycles. The van der Waals surface area contributed by atoms with E-state index >= 15 is 0 Å². The van der Waals surface area contributed by atoms with E-state index in [4.69, 9.17) is 4.74 Å². The van der Waals surface area contributed by atoms with Gasteiger partial charge in [0, 0.05) is 12.1 Å². The van der Waals surface area contributed by atoms with Gasteiger partial charge in [-0.1, -0.05) is 66.7 Å². The van der Waals surface area contributed by atoms with E-state index < -0.39 is 10.0 Å². The van der Waals surface area contributed by atoms with Crippen molar-refractivity contribution in [2.24, 2.45) is 0 Å². The number of para-hydroxylation sites is 2. The minimum Gasteiger partial charge on any atom is -0.492 e. The number of benzene rings is 4. The van der Waals surface area contributed by atoms with Gasteiger partial charge in [0.25, 0.3) is 5.91 Å². The van der Waals surface area contributed by atoms with Crippen LogP contribution in [0.15, 0.2) is 108 Å². The van der Waals surface area contributed by atoms with Gasteiger partial charge in [0.2, 0.25) is 10.0 Å². The van der Waals surface area contributed by atoms with Crippen molar-refractivity contribution in [1.82, 2.24) is 4.72 Å². The normalized spacial score (nSPS) is 11.1. The van der Waals surface area contributed by atoms with Gasteiger partial charge in [-0.05, 0) is 60.0 Å². The zero-order chi connectivity index (χ0) is 24.7. The highest BCUT2D eigenvalue weighted by Crippen LogP contribution is 2.26. The first-order valence-electron chi connectivity index (χ1n) is 11.2. The van der Waals surface area contributed by atoms with Gasteiger partial charge in [0.05, 0.1) is 17.2 Å². The number of anilines is 1. The van der Waals surface area contributed by atoms with Crippen molar-refractivity contribution in [3.05, 3.63) is 114 Å². The molecule has 0 unspecified atom stereocenters. The van der Waals surface area contributed by atoms with Crippen molar-refractivity contribution in [3.8, 4) is 16.9 Å². The second-order valence-corrected chi connectivity index (χ2v) is 9.57. The van der Waals surface area contributed by atoms with Gasteiger partial charge in [0.1, 0.15) is 5.75 Å². The molecule has 1 amide bonds. The molecule has 4 aromatic rings. The summed E-state index contributed by atoms with van der Waals surface area (Å²) in [5, 5.41) is 2.90. The Kier molecular flexibility index (Phi) is 7.60. The van der Waals surface area contributed by atoms with E-state index in [1.807, 2.05) is 55.5 Å². The van der Waals surface area contributed by atoms with E-state index in [2.05, 4.69) is 10.0 Å².